The van der Waals surface area contributed by atoms with Gasteiger partial charge in [0.15, 0.2) is 0 Å². The summed E-state index contributed by atoms with van der Waals surface area (Å²) in [6, 6.07) is 3.28. The molecule has 2 aromatic rings. The van der Waals surface area contributed by atoms with E-state index in [0.29, 0.717) is 0 Å². The van der Waals surface area contributed by atoms with E-state index in [2.05, 4.69) is 20.6 Å². The van der Waals surface area contributed by atoms with E-state index in [1.54, 1.807) is 17.8 Å². The van der Waals surface area contributed by atoms with Gasteiger partial charge in [-0.15, -0.1) is 0 Å². The van der Waals surface area contributed by atoms with Crippen LogP contribution in [0.5, 0.6) is 0 Å². The van der Waals surface area contributed by atoms with Gasteiger partial charge in [-0.3, -0.25) is 9.48 Å². The van der Waals surface area contributed by atoms with Gasteiger partial charge in [-0.2, -0.15) is 15.3 Å². The summed E-state index contributed by atoms with van der Waals surface area (Å²) in [5, 5.41) is 15.6. The van der Waals surface area contributed by atoms with E-state index in [9.17, 15) is 4.79 Å². The predicted octanol–water partition coefficient (Wildman–Crippen LogP) is 0.330. The molecular formula is C14H18N6O. The van der Waals surface area contributed by atoms with E-state index in [0.717, 1.165) is 29.8 Å². The number of hydrogen-bond acceptors (Lipinski definition) is 5. The van der Waals surface area contributed by atoms with Crippen molar-refractivity contribution in [2.75, 3.05) is 0 Å². The SMILES string of the molecule is C[C@H](N)C(=O)NC1(c2ccc(-c3cnn(C)c3)nn2)CC1. The number of carbonyl (C=O) groups is 1. The number of aromatic nitrogens is 4. The van der Waals surface area contributed by atoms with E-state index in [4.69, 9.17) is 5.73 Å². The van der Waals surface area contributed by atoms with Crippen molar-refractivity contribution >= 4 is 5.91 Å². The molecule has 1 saturated carbocycles. The van der Waals surface area contributed by atoms with Crippen molar-refractivity contribution in [1.82, 2.24) is 25.3 Å². The highest BCUT2D eigenvalue weighted by Gasteiger charge is 2.47. The lowest BCUT2D eigenvalue weighted by molar-refractivity contribution is -0.123. The van der Waals surface area contributed by atoms with Gasteiger partial charge in [-0.05, 0) is 31.9 Å². The fraction of sp³-hybridized carbons (Fsp3) is 0.429. The molecule has 1 aliphatic carbocycles. The van der Waals surface area contributed by atoms with Crippen LogP contribution in [0.4, 0.5) is 0 Å². The van der Waals surface area contributed by atoms with E-state index in [1.807, 2.05) is 25.4 Å². The third-order valence-corrected chi connectivity index (χ3v) is 3.68. The van der Waals surface area contributed by atoms with E-state index >= 15 is 0 Å². The number of hydrogen-bond donors (Lipinski definition) is 2. The standard InChI is InChI=1S/C14H18N6O/c1-9(15)13(21)17-14(5-6-14)12-4-3-11(18-19-12)10-7-16-20(2)8-10/h3-4,7-9H,5-6,15H2,1-2H3,(H,17,21)/t9-/m0/s1. The van der Waals surface area contributed by atoms with Crippen LogP contribution in [0.3, 0.4) is 0 Å². The summed E-state index contributed by atoms with van der Waals surface area (Å²) in [4.78, 5) is 11.8. The average Bonchev–Trinajstić information content (AvgIpc) is 3.12. The van der Waals surface area contributed by atoms with Crippen LogP contribution in [-0.4, -0.2) is 31.9 Å². The highest BCUT2D eigenvalue weighted by atomic mass is 16.2. The van der Waals surface area contributed by atoms with Gasteiger partial charge in [0, 0.05) is 18.8 Å². The first-order valence-corrected chi connectivity index (χ1v) is 6.91. The van der Waals surface area contributed by atoms with Crippen molar-refractivity contribution in [3.8, 4) is 11.3 Å². The molecule has 7 heteroatoms. The van der Waals surface area contributed by atoms with Gasteiger partial charge >= 0.3 is 0 Å². The molecule has 0 radical (unpaired) electrons. The molecular weight excluding hydrogens is 268 g/mol. The second-order valence-electron chi connectivity index (χ2n) is 5.57. The highest BCUT2D eigenvalue weighted by molar-refractivity contribution is 5.82. The molecule has 0 aromatic carbocycles. The Labute approximate surface area is 122 Å². The Bertz CT molecular complexity index is 656. The van der Waals surface area contributed by atoms with Crippen molar-refractivity contribution in [2.24, 2.45) is 12.8 Å². The third-order valence-electron chi connectivity index (χ3n) is 3.68. The second kappa shape index (κ2) is 4.92. The number of amides is 1. The summed E-state index contributed by atoms with van der Waals surface area (Å²) in [6.45, 7) is 1.67. The molecule has 3 N–H and O–H groups in total. The van der Waals surface area contributed by atoms with Crippen molar-refractivity contribution in [3.05, 3.63) is 30.2 Å². The molecule has 2 heterocycles. The Morgan fingerprint density at radius 3 is 2.67 bits per heavy atom. The van der Waals surface area contributed by atoms with Crippen molar-refractivity contribution in [2.45, 2.75) is 31.3 Å². The molecule has 1 aliphatic rings. The molecule has 1 atom stereocenters. The van der Waals surface area contributed by atoms with Crippen LogP contribution >= 0.6 is 0 Å². The molecule has 21 heavy (non-hydrogen) atoms. The molecule has 1 amide bonds. The van der Waals surface area contributed by atoms with Crippen LogP contribution in [0.25, 0.3) is 11.3 Å². The van der Waals surface area contributed by atoms with Gasteiger partial charge in [-0.25, -0.2) is 0 Å². The van der Waals surface area contributed by atoms with Gasteiger partial charge in [0.25, 0.3) is 0 Å². The smallest absolute Gasteiger partial charge is 0.237 e. The molecule has 0 spiro atoms. The fourth-order valence-electron chi connectivity index (χ4n) is 2.21. The monoisotopic (exact) mass is 286 g/mol. The lowest BCUT2D eigenvalue weighted by Crippen LogP contribution is -2.44. The third kappa shape index (κ3) is 2.64. The number of aryl methyl sites for hydroxylation is 1. The van der Waals surface area contributed by atoms with Crippen LogP contribution in [0.2, 0.25) is 0 Å². The fourth-order valence-corrected chi connectivity index (χ4v) is 2.21. The Morgan fingerprint density at radius 2 is 2.19 bits per heavy atom. The topological polar surface area (TPSA) is 98.7 Å². The Hall–Kier alpha value is -2.28. The summed E-state index contributed by atoms with van der Waals surface area (Å²) >= 11 is 0. The average molecular weight is 286 g/mol. The van der Waals surface area contributed by atoms with Gasteiger partial charge in [0.1, 0.15) is 0 Å². The maximum atomic E-state index is 11.8. The minimum Gasteiger partial charge on any atom is -0.344 e. The van der Waals surface area contributed by atoms with Gasteiger partial charge in [0.05, 0.1) is 29.2 Å². The van der Waals surface area contributed by atoms with E-state index in [1.165, 1.54) is 0 Å². The van der Waals surface area contributed by atoms with E-state index in [-0.39, 0.29) is 11.4 Å². The van der Waals surface area contributed by atoms with Crippen LogP contribution in [0.15, 0.2) is 24.5 Å². The zero-order valence-corrected chi connectivity index (χ0v) is 12.1. The summed E-state index contributed by atoms with van der Waals surface area (Å²) in [6.07, 6.45) is 5.36. The Kier molecular flexibility index (Phi) is 3.21. The van der Waals surface area contributed by atoms with Crippen LogP contribution in [-0.2, 0) is 17.4 Å². The van der Waals surface area contributed by atoms with Gasteiger partial charge < -0.3 is 11.1 Å². The largest absolute Gasteiger partial charge is 0.344 e. The van der Waals surface area contributed by atoms with Crippen LogP contribution in [0.1, 0.15) is 25.5 Å². The first kappa shape index (κ1) is 13.7. The Balaban J connectivity index is 1.80. The number of nitrogens with two attached hydrogens (primary N) is 1. The maximum absolute atomic E-state index is 11.8. The zero-order chi connectivity index (χ0) is 15.0. The number of nitrogens with one attached hydrogen (secondary N) is 1. The first-order chi connectivity index (χ1) is 10.00. The summed E-state index contributed by atoms with van der Waals surface area (Å²) in [7, 11) is 1.86. The molecule has 0 aliphatic heterocycles. The van der Waals surface area contributed by atoms with Crippen LogP contribution in [0, 0.1) is 0 Å². The van der Waals surface area contributed by atoms with Crippen molar-refractivity contribution in [3.63, 3.8) is 0 Å². The van der Waals surface area contributed by atoms with Crippen molar-refractivity contribution < 1.29 is 4.79 Å². The quantitative estimate of drug-likeness (QED) is 0.844. The minimum absolute atomic E-state index is 0.161. The molecule has 2 aromatic heterocycles. The van der Waals surface area contributed by atoms with Gasteiger partial charge in [0.2, 0.25) is 5.91 Å². The molecule has 3 rings (SSSR count). The number of rotatable bonds is 4. The highest BCUT2D eigenvalue weighted by Crippen LogP contribution is 2.44. The summed E-state index contributed by atoms with van der Waals surface area (Å²) in [5.74, 6) is -0.161. The van der Waals surface area contributed by atoms with Crippen molar-refractivity contribution in [1.29, 1.82) is 0 Å². The number of carbonyl (C=O) groups excluding carboxylic acids is 1. The zero-order valence-electron chi connectivity index (χ0n) is 12.1. The van der Waals surface area contributed by atoms with E-state index < -0.39 is 6.04 Å². The summed E-state index contributed by atoms with van der Waals surface area (Å²) < 4.78 is 1.72. The molecule has 7 nitrogen and oxygen atoms in total. The van der Waals surface area contributed by atoms with Gasteiger partial charge in [-0.1, -0.05) is 0 Å². The molecule has 0 saturated heterocycles. The summed E-state index contributed by atoms with van der Waals surface area (Å²) in [5.41, 5.74) is 7.67. The lowest BCUT2D eigenvalue weighted by Gasteiger charge is -2.18. The molecule has 110 valence electrons. The normalized spacial score (nSPS) is 17.3. The Morgan fingerprint density at radius 1 is 1.43 bits per heavy atom. The van der Waals surface area contributed by atoms with Crippen LogP contribution < -0.4 is 11.1 Å². The lowest BCUT2D eigenvalue weighted by atomic mass is 10.1. The first-order valence-electron chi connectivity index (χ1n) is 6.91. The predicted molar refractivity (Wildman–Crippen MR) is 76.9 cm³/mol. The molecule has 1 fully saturated rings. The molecule has 0 bridgehead atoms. The number of nitrogens with zero attached hydrogens (tertiary/aromatic N) is 4. The minimum atomic E-state index is -0.523. The molecule has 0 unspecified atom stereocenters. The maximum Gasteiger partial charge on any atom is 0.237 e. The second-order valence-corrected chi connectivity index (χ2v) is 5.57.